The lowest BCUT2D eigenvalue weighted by Crippen LogP contribution is -2.14. The Hall–Kier alpha value is -1.83. The van der Waals surface area contributed by atoms with Crippen LogP contribution in [0.25, 0.3) is 0 Å². The van der Waals surface area contributed by atoms with Crippen molar-refractivity contribution < 1.29 is 13.2 Å². The minimum atomic E-state index is -4.61. The van der Waals surface area contributed by atoms with Gasteiger partial charge in [0.2, 0.25) is 5.82 Å². The zero-order valence-corrected chi connectivity index (χ0v) is 11.0. The Bertz CT molecular complexity index is 556. The van der Waals surface area contributed by atoms with Gasteiger partial charge in [0.15, 0.2) is 0 Å². The van der Waals surface area contributed by atoms with Crippen LogP contribution < -0.4 is 5.32 Å². The predicted molar refractivity (Wildman–Crippen MR) is 67.4 cm³/mol. The molecule has 0 saturated carbocycles. The van der Waals surface area contributed by atoms with E-state index in [-0.39, 0.29) is 11.0 Å². The van der Waals surface area contributed by atoms with Gasteiger partial charge in [0.25, 0.3) is 0 Å². The number of anilines is 1. The van der Waals surface area contributed by atoms with Crippen LogP contribution in [0.4, 0.5) is 19.0 Å². The van der Waals surface area contributed by atoms with E-state index < -0.39 is 12.0 Å². The first kappa shape index (κ1) is 14.6. The minimum absolute atomic E-state index is 0.0583. The van der Waals surface area contributed by atoms with Crippen molar-refractivity contribution in [1.29, 1.82) is 0 Å². The third-order valence-electron chi connectivity index (χ3n) is 2.41. The molecule has 1 N–H and O–H groups in total. The second kappa shape index (κ2) is 6.08. The Morgan fingerprint density at radius 2 is 2.10 bits per heavy atom. The molecule has 5 nitrogen and oxygen atoms in total. The molecule has 0 atom stereocenters. The smallest absolute Gasteiger partial charge is 0.370 e. The maximum atomic E-state index is 12.5. The zero-order valence-electron chi connectivity index (χ0n) is 10.2. The van der Waals surface area contributed by atoms with Gasteiger partial charge < -0.3 is 9.88 Å². The molecule has 0 amide bonds. The fourth-order valence-corrected chi connectivity index (χ4v) is 1.72. The molecule has 0 aliphatic rings. The summed E-state index contributed by atoms with van der Waals surface area (Å²) in [6.45, 7) is 1.17. The van der Waals surface area contributed by atoms with Gasteiger partial charge in [0.1, 0.15) is 11.0 Å². The number of halogens is 4. The van der Waals surface area contributed by atoms with E-state index in [0.29, 0.717) is 19.5 Å². The number of aromatic nitrogens is 4. The van der Waals surface area contributed by atoms with Gasteiger partial charge in [-0.3, -0.25) is 0 Å². The van der Waals surface area contributed by atoms with Gasteiger partial charge in [0, 0.05) is 31.5 Å². The lowest BCUT2D eigenvalue weighted by atomic mass is 10.4. The summed E-state index contributed by atoms with van der Waals surface area (Å²) >= 11 is 5.55. The molecule has 2 aromatic rings. The quantitative estimate of drug-likeness (QED) is 0.682. The molecule has 2 heterocycles. The standard InChI is InChI=1S/C11H11ClF3N5/c12-8-6-9(19-10(18-8)11(13,14)15)17-2-1-4-20-5-3-16-7-20/h3,5-7H,1-2,4H2,(H,17,18,19). The minimum Gasteiger partial charge on any atom is -0.370 e. The van der Waals surface area contributed by atoms with Gasteiger partial charge in [-0.25, -0.2) is 15.0 Å². The molecule has 2 rings (SSSR count). The zero-order chi connectivity index (χ0) is 14.6. The molecule has 0 saturated heterocycles. The number of alkyl halides is 3. The summed E-state index contributed by atoms with van der Waals surface area (Å²) in [5, 5.41) is 2.55. The molecule has 0 spiro atoms. The van der Waals surface area contributed by atoms with Crippen LogP contribution in [0.15, 0.2) is 24.8 Å². The summed E-state index contributed by atoms with van der Waals surface area (Å²) in [6, 6.07) is 1.26. The van der Waals surface area contributed by atoms with E-state index in [1.807, 2.05) is 10.8 Å². The van der Waals surface area contributed by atoms with Gasteiger partial charge in [-0.2, -0.15) is 13.2 Å². The molecular weight excluding hydrogens is 295 g/mol. The lowest BCUT2D eigenvalue weighted by Gasteiger charge is -2.09. The van der Waals surface area contributed by atoms with Crippen molar-refractivity contribution >= 4 is 17.4 Å². The van der Waals surface area contributed by atoms with Crippen LogP contribution in [0.2, 0.25) is 5.15 Å². The average molecular weight is 306 g/mol. The first-order valence-corrected chi connectivity index (χ1v) is 6.14. The highest BCUT2D eigenvalue weighted by atomic mass is 35.5. The van der Waals surface area contributed by atoms with Crippen LogP contribution >= 0.6 is 11.6 Å². The van der Waals surface area contributed by atoms with Crippen molar-refractivity contribution in [3.05, 3.63) is 35.8 Å². The summed E-state index contributed by atoms with van der Waals surface area (Å²) in [5.74, 6) is -1.19. The number of rotatable bonds is 5. The van der Waals surface area contributed by atoms with E-state index in [0.717, 1.165) is 0 Å². The van der Waals surface area contributed by atoms with Crippen LogP contribution in [0.3, 0.4) is 0 Å². The molecule has 2 aromatic heterocycles. The Kier molecular flexibility index (Phi) is 4.43. The van der Waals surface area contributed by atoms with Gasteiger partial charge in [-0.1, -0.05) is 11.6 Å². The van der Waals surface area contributed by atoms with E-state index in [1.54, 1.807) is 12.5 Å². The largest absolute Gasteiger partial charge is 0.451 e. The fourth-order valence-electron chi connectivity index (χ4n) is 1.53. The number of aryl methyl sites for hydroxylation is 1. The van der Waals surface area contributed by atoms with Crippen LogP contribution in [-0.4, -0.2) is 26.1 Å². The molecule has 0 aliphatic heterocycles. The summed E-state index contributed by atoms with van der Waals surface area (Å²) in [5.41, 5.74) is 0. The van der Waals surface area contributed by atoms with E-state index >= 15 is 0 Å². The summed E-state index contributed by atoms with van der Waals surface area (Å²) in [6.07, 6.45) is 1.23. The highest BCUT2D eigenvalue weighted by Crippen LogP contribution is 2.28. The summed E-state index contributed by atoms with van der Waals surface area (Å²) in [4.78, 5) is 10.4. The Morgan fingerprint density at radius 3 is 2.75 bits per heavy atom. The number of hydrogen-bond donors (Lipinski definition) is 1. The van der Waals surface area contributed by atoms with Crippen LogP contribution in [0.5, 0.6) is 0 Å². The van der Waals surface area contributed by atoms with Gasteiger partial charge in [-0.15, -0.1) is 0 Å². The maximum absolute atomic E-state index is 12.5. The number of hydrogen-bond acceptors (Lipinski definition) is 4. The molecule has 0 aliphatic carbocycles. The van der Waals surface area contributed by atoms with Crippen LogP contribution in [0, 0.1) is 0 Å². The van der Waals surface area contributed by atoms with Gasteiger partial charge >= 0.3 is 6.18 Å². The van der Waals surface area contributed by atoms with E-state index in [9.17, 15) is 13.2 Å². The average Bonchev–Trinajstić information content (AvgIpc) is 2.86. The predicted octanol–water partition coefficient (Wildman–Crippen LogP) is 2.85. The SMILES string of the molecule is FC(F)(F)c1nc(Cl)cc(NCCCn2ccnc2)n1. The van der Waals surface area contributed by atoms with Crippen molar-refractivity contribution in [2.24, 2.45) is 0 Å². The molecule has 0 unspecified atom stereocenters. The first-order chi connectivity index (χ1) is 9.45. The molecule has 0 radical (unpaired) electrons. The van der Waals surface area contributed by atoms with Crippen molar-refractivity contribution in [3.8, 4) is 0 Å². The van der Waals surface area contributed by atoms with E-state index in [4.69, 9.17) is 11.6 Å². The maximum Gasteiger partial charge on any atom is 0.451 e. The number of imidazole rings is 1. The third-order valence-corrected chi connectivity index (χ3v) is 2.60. The molecule has 108 valence electrons. The van der Waals surface area contributed by atoms with Crippen molar-refractivity contribution in [1.82, 2.24) is 19.5 Å². The van der Waals surface area contributed by atoms with Crippen molar-refractivity contribution in [3.63, 3.8) is 0 Å². The molecule has 0 fully saturated rings. The lowest BCUT2D eigenvalue weighted by molar-refractivity contribution is -0.144. The highest BCUT2D eigenvalue weighted by molar-refractivity contribution is 6.29. The second-order valence-electron chi connectivity index (χ2n) is 3.98. The summed E-state index contributed by atoms with van der Waals surface area (Å²) < 4.78 is 39.4. The monoisotopic (exact) mass is 305 g/mol. The summed E-state index contributed by atoms with van der Waals surface area (Å²) in [7, 11) is 0. The van der Waals surface area contributed by atoms with Gasteiger partial charge in [0.05, 0.1) is 6.33 Å². The molecule has 0 bridgehead atoms. The Balaban J connectivity index is 1.91. The Morgan fingerprint density at radius 1 is 1.30 bits per heavy atom. The van der Waals surface area contributed by atoms with Crippen molar-refractivity contribution in [2.75, 3.05) is 11.9 Å². The number of nitrogens with zero attached hydrogens (tertiary/aromatic N) is 4. The highest BCUT2D eigenvalue weighted by Gasteiger charge is 2.35. The van der Waals surface area contributed by atoms with E-state index in [1.165, 1.54) is 6.07 Å². The second-order valence-corrected chi connectivity index (χ2v) is 4.37. The first-order valence-electron chi connectivity index (χ1n) is 5.76. The van der Waals surface area contributed by atoms with Crippen LogP contribution in [-0.2, 0) is 12.7 Å². The topological polar surface area (TPSA) is 55.6 Å². The molecule has 20 heavy (non-hydrogen) atoms. The third kappa shape index (κ3) is 4.09. The van der Waals surface area contributed by atoms with Crippen LogP contribution in [0.1, 0.15) is 12.2 Å². The Labute approximate surface area is 117 Å². The van der Waals surface area contributed by atoms with Gasteiger partial charge in [-0.05, 0) is 6.42 Å². The van der Waals surface area contributed by atoms with Crippen molar-refractivity contribution in [2.45, 2.75) is 19.1 Å². The van der Waals surface area contributed by atoms with E-state index in [2.05, 4.69) is 20.3 Å². The fraction of sp³-hybridized carbons (Fsp3) is 0.364. The molecule has 0 aromatic carbocycles. The molecular formula is C11H11ClF3N5. The normalized spacial score (nSPS) is 11.6. The number of nitrogens with one attached hydrogen (secondary N) is 1. The molecule has 9 heteroatoms.